The number of carbonyl (C=O) groups excluding carboxylic acids is 2. The second-order valence-corrected chi connectivity index (χ2v) is 8.42. The van der Waals surface area contributed by atoms with E-state index in [1.54, 1.807) is 7.11 Å². The van der Waals surface area contributed by atoms with Gasteiger partial charge in [-0.05, 0) is 55.0 Å². The lowest BCUT2D eigenvalue weighted by molar-refractivity contribution is -0.137. The molecule has 2 aliphatic heterocycles. The van der Waals surface area contributed by atoms with Gasteiger partial charge in [-0.3, -0.25) is 14.5 Å². The zero-order valence-electron chi connectivity index (χ0n) is 19.5. The van der Waals surface area contributed by atoms with E-state index in [9.17, 15) is 9.59 Å². The molecule has 6 heteroatoms. The number of benzene rings is 2. The standard InChI is InChI=1S/C27H32N2O4/c1-3-4-18-33-19-8-17-29-26(30)24(21-12-14-22(32-2)15-13-21)25(27(29)31)28-16-7-10-20-9-5-6-11-23(20)28/h5-6,9,11-15H,3-4,7-8,10,16-19H2,1-2H3. The van der Waals surface area contributed by atoms with E-state index in [1.165, 1.54) is 10.5 Å². The SMILES string of the molecule is CCCCOCCCN1C(=O)C(c2ccc(OC)cc2)=C(N2CCCc3ccccc32)C1=O. The molecule has 2 aromatic carbocycles. The van der Waals surface area contributed by atoms with Crippen LogP contribution >= 0.6 is 0 Å². The molecular formula is C27H32N2O4. The van der Waals surface area contributed by atoms with Crippen molar-refractivity contribution < 1.29 is 19.1 Å². The number of rotatable bonds is 10. The number of nitrogens with zero attached hydrogens (tertiary/aromatic N) is 2. The second kappa shape index (κ2) is 10.7. The first-order chi connectivity index (χ1) is 16.2. The van der Waals surface area contributed by atoms with Gasteiger partial charge < -0.3 is 14.4 Å². The van der Waals surface area contributed by atoms with E-state index in [2.05, 4.69) is 13.0 Å². The topological polar surface area (TPSA) is 59.1 Å². The Morgan fingerprint density at radius 3 is 2.45 bits per heavy atom. The van der Waals surface area contributed by atoms with Crippen molar-refractivity contribution in [2.45, 2.75) is 39.0 Å². The molecule has 2 aromatic rings. The molecule has 33 heavy (non-hydrogen) atoms. The number of imide groups is 1. The molecular weight excluding hydrogens is 416 g/mol. The first-order valence-electron chi connectivity index (χ1n) is 11.8. The number of para-hydroxylation sites is 1. The number of aryl methyl sites for hydroxylation is 1. The zero-order chi connectivity index (χ0) is 23.2. The van der Waals surface area contributed by atoms with Crippen LogP contribution in [0.4, 0.5) is 5.69 Å². The maximum atomic E-state index is 13.6. The molecule has 2 amide bonds. The largest absolute Gasteiger partial charge is 0.497 e. The summed E-state index contributed by atoms with van der Waals surface area (Å²) in [4.78, 5) is 30.6. The Labute approximate surface area is 195 Å². The van der Waals surface area contributed by atoms with Gasteiger partial charge in [0.05, 0.1) is 12.7 Å². The fourth-order valence-corrected chi connectivity index (χ4v) is 4.47. The van der Waals surface area contributed by atoms with Gasteiger partial charge in [-0.25, -0.2) is 0 Å². The van der Waals surface area contributed by atoms with Crippen LogP contribution in [0.25, 0.3) is 5.57 Å². The summed E-state index contributed by atoms with van der Waals surface area (Å²) in [5.41, 5.74) is 3.88. The highest BCUT2D eigenvalue weighted by Crippen LogP contribution is 2.38. The van der Waals surface area contributed by atoms with Gasteiger partial charge in [0.15, 0.2) is 0 Å². The third-order valence-electron chi connectivity index (χ3n) is 6.22. The Bertz CT molecular complexity index is 1030. The number of anilines is 1. The first-order valence-corrected chi connectivity index (χ1v) is 11.8. The van der Waals surface area contributed by atoms with E-state index >= 15 is 0 Å². The maximum Gasteiger partial charge on any atom is 0.278 e. The van der Waals surface area contributed by atoms with Gasteiger partial charge in [-0.1, -0.05) is 43.7 Å². The van der Waals surface area contributed by atoms with Crippen molar-refractivity contribution in [1.29, 1.82) is 0 Å². The predicted octanol–water partition coefficient (Wildman–Crippen LogP) is 4.43. The minimum Gasteiger partial charge on any atom is -0.497 e. The van der Waals surface area contributed by atoms with Gasteiger partial charge >= 0.3 is 0 Å². The van der Waals surface area contributed by atoms with Crippen LogP contribution in [0.1, 0.15) is 43.7 Å². The molecule has 0 aromatic heterocycles. The molecule has 0 saturated carbocycles. The highest BCUT2D eigenvalue weighted by Gasteiger charge is 2.42. The molecule has 0 unspecified atom stereocenters. The monoisotopic (exact) mass is 448 g/mol. The Kier molecular flexibility index (Phi) is 7.45. The number of fused-ring (bicyclic) bond motifs is 1. The van der Waals surface area contributed by atoms with E-state index in [1.807, 2.05) is 47.4 Å². The fourth-order valence-electron chi connectivity index (χ4n) is 4.47. The highest BCUT2D eigenvalue weighted by atomic mass is 16.5. The minimum atomic E-state index is -0.239. The average Bonchev–Trinajstić information content (AvgIpc) is 3.10. The third kappa shape index (κ3) is 4.81. The van der Waals surface area contributed by atoms with Crippen molar-refractivity contribution in [3.63, 3.8) is 0 Å². The Balaban J connectivity index is 1.65. The van der Waals surface area contributed by atoms with Crippen molar-refractivity contribution in [3.8, 4) is 5.75 Å². The van der Waals surface area contributed by atoms with E-state index in [-0.39, 0.29) is 11.8 Å². The lowest BCUT2D eigenvalue weighted by atomic mass is 9.98. The number of hydrogen-bond donors (Lipinski definition) is 0. The van der Waals surface area contributed by atoms with Crippen LogP contribution in [-0.4, -0.2) is 50.1 Å². The molecule has 0 N–H and O–H groups in total. The number of ether oxygens (including phenoxy) is 2. The van der Waals surface area contributed by atoms with E-state index < -0.39 is 0 Å². The van der Waals surface area contributed by atoms with Crippen molar-refractivity contribution in [2.24, 2.45) is 0 Å². The summed E-state index contributed by atoms with van der Waals surface area (Å²) in [5, 5.41) is 0. The molecule has 0 spiro atoms. The average molecular weight is 449 g/mol. The van der Waals surface area contributed by atoms with Gasteiger partial charge in [-0.15, -0.1) is 0 Å². The molecule has 6 nitrogen and oxygen atoms in total. The van der Waals surface area contributed by atoms with Crippen molar-refractivity contribution in [2.75, 3.05) is 38.3 Å². The molecule has 0 bridgehead atoms. The summed E-state index contributed by atoms with van der Waals surface area (Å²) in [7, 11) is 1.61. The first kappa shape index (κ1) is 23.1. The molecule has 0 aliphatic carbocycles. The van der Waals surface area contributed by atoms with Crippen LogP contribution in [0.2, 0.25) is 0 Å². The number of carbonyl (C=O) groups is 2. The zero-order valence-corrected chi connectivity index (χ0v) is 19.5. The summed E-state index contributed by atoms with van der Waals surface area (Å²) in [5.74, 6) is 0.245. The van der Waals surface area contributed by atoms with Gasteiger partial charge in [0.25, 0.3) is 11.8 Å². The van der Waals surface area contributed by atoms with Crippen molar-refractivity contribution in [3.05, 3.63) is 65.4 Å². The van der Waals surface area contributed by atoms with Gasteiger partial charge in [0.1, 0.15) is 11.4 Å². The van der Waals surface area contributed by atoms with Crippen molar-refractivity contribution >= 4 is 23.1 Å². The normalized spacial score (nSPS) is 15.9. The minimum absolute atomic E-state index is 0.226. The molecule has 174 valence electrons. The quantitative estimate of drug-likeness (QED) is 0.397. The highest BCUT2D eigenvalue weighted by molar-refractivity contribution is 6.36. The molecule has 0 saturated heterocycles. The maximum absolute atomic E-state index is 13.6. The number of amides is 2. The Morgan fingerprint density at radius 2 is 1.70 bits per heavy atom. The van der Waals surface area contributed by atoms with Gasteiger partial charge in [-0.2, -0.15) is 0 Å². The van der Waals surface area contributed by atoms with Gasteiger partial charge in [0, 0.05) is 32.0 Å². The smallest absolute Gasteiger partial charge is 0.278 e. The number of methoxy groups -OCH3 is 1. The van der Waals surface area contributed by atoms with Crippen LogP contribution in [0.15, 0.2) is 54.2 Å². The summed E-state index contributed by atoms with van der Waals surface area (Å²) >= 11 is 0. The van der Waals surface area contributed by atoms with E-state index in [4.69, 9.17) is 9.47 Å². The van der Waals surface area contributed by atoms with E-state index in [0.29, 0.717) is 49.7 Å². The Morgan fingerprint density at radius 1 is 0.939 bits per heavy atom. The summed E-state index contributed by atoms with van der Waals surface area (Å²) in [6, 6.07) is 15.5. The predicted molar refractivity (Wildman–Crippen MR) is 129 cm³/mol. The molecule has 2 heterocycles. The summed E-state index contributed by atoms with van der Waals surface area (Å²) < 4.78 is 10.9. The number of unbranched alkanes of at least 4 members (excludes halogenated alkanes) is 1. The molecule has 0 radical (unpaired) electrons. The fraction of sp³-hybridized carbons (Fsp3) is 0.407. The van der Waals surface area contributed by atoms with Crippen LogP contribution in [0.3, 0.4) is 0 Å². The lowest BCUT2D eigenvalue weighted by Gasteiger charge is -2.32. The summed E-state index contributed by atoms with van der Waals surface area (Å²) in [6.07, 6.45) is 4.63. The van der Waals surface area contributed by atoms with E-state index in [0.717, 1.165) is 36.9 Å². The third-order valence-corrected chi connectivity index (χ3v) is 6.22. The molecule has 4 rings (SSSR count). The van der Waals surface area contributed by atoms with Crippen LogP contribution < -0.4 is 9.64 Å². The number of hydrogen-bond acceptors (Lipinski definition) is 5. The van der Waals surface area contributed by atoms with Crippen LogP contribution in [0, 0.1) is 0 Å². The molecule has 0 fully saturated rings. The molecule has 0 atom stereocenters. The van der Waals surface area contributed by atoms with Crippen molar-refractivity contribution in [1.82, 2.24) is 4.90 Å². The summed E-state index contributed by atoms with van der Waals surface area (Å²) in [6.45, 7) is 4.43. The molecule has 2 aliphatic rings. The van der Waals surface area contributed by atoms with Crippen LogP contribution in [-0.2, 0) is 20.7 Å². The van der Waals surface area contributed by atoms with Gasteiger partial charge in [0.2, 0.25) is 0 Å². The lowest BCUT2D eigenvalue weighted by Crippen LogP contribution is -2.37. The second-order valence-electron chi connectivity index (χ2n) is 8.42. The Hall–Kier alpha value is -3.12. The van der Waals surface area contributed by atoms with Crippen LogP contribution in [0.5, 0.6) is 5.75 Å².